The van der Waals surface area contributed by atoms with Gasteiger partial charge in [-0.3, -0.25) is 4.79 Å². The van der Waals surface area contributed by atoms with Gasteiger partial charge in [-0.15, -0.1) is 0 Å². The lowest BCUT2D eigenvalue weighted by molar-refractivity contribution is -0.140. The monoisotopic (exact) mass is 300 g/mol. The third kappa shape index (κ3) is 4.00. The SMILES string of the molecule is CCN(CCC(=O)OC)c1ncc(C)cc1Br. The molecule has 0 aliphatic heterocycles. The van der Waals surface area contributed by atoms with Gasteiger partial charge in [-0.2, -0.15) is 0 Å². The topological polar surface area (TPSA) is 42.4 Å². The lowest BCUT2D eigenvalue weighted by atomic mass is 10.3. The van der Waals surface area contributed by atoms with Crippen molar-refractivity contribution in [2.45, 2.75) is 20.3 Å². The van der Waals surface area contributed by atoms with Crippen LogP contribution in [0.2, 0.25) is 0 Å². The number of aryl methyl sites for hydroxylation is 1. The zero-order valence-electron chi connectivity index (χ0n) is 10.4. The molecule has 0 atom stereocenters. The van der Waals surface area contributed by atoms with Crippen molar-refractivity contribution in [3.8, 4) is 0 Å². The Morgan fingerprint density at radius 2 is 2.29 bits per heavy atom. The smallest absolute Gasteiger partial charge is 0.307 e. The predicted molar refractivity (Wildman–Crippen MR) is 71.2 cm³/mol. The average Bonchev–Trinajstić information content (AvgIpc) is 2.31. The summed E-state index contributed by atoms with van der Waals surface area (Å²) in [6, 6.07) is 2.02. The number of rotatable bonds is 5. The van der Waals surface area contributed by atoms with Crippen LogP contribution in [0, 0.1) is 6.92 Å². The minimum atomic E-state index is -0.202. The number of methoxy groups -OCH3 is 1. The molecule has 0 unspecified atom stereocenters. The number of nitrogens with zero attached hydrogens (tertiary/aromatic N) is 2. The van der Waals surface area contributed by atoms with Crippen molar-refractivity contribution in [3.63, 3.8) is 0 Å². The molecule has 0 fully saturated rings. The molecule has 94 valence electrons. The average molecular weight is 301 g/mol. The summed E-state index contributed by atoms with van der Waals surface area (Å²) >= 11 is 3.49. The van der Waals surface area contributed by atoms with E-state index < -0.39 is 0 Å². The molecule has 0 bridgehead atoms. The maximum atomic E-state index is 11.1. The van der Waals surface area contributed by atoms with E-state index in [2.05, 4.69) is 25.7 Å². The van der Waals surface area contributed by atoms with Crippen molar-refractivity contribution in [3.05, 3.63) is 22.3 Å². The normalized spacial score (nSPS) is 10.1. The van der Waals surface area contributed by atoms with Crippen LogP contribution in [0.25, 0.3) is 0 Å². The van der Waals surface area contributed by atoms with Crippen LogP contribution in [-0.2, 0) is 9.53 Å². The first-order valence-electron chi connectivity index (χ1n) is 5.52. The number of carbonyl (C=O) groups is 1. The van der Waals surface area contributed by atoms with Crippen LogP contribution in [0.15, 0.2) is 16.7 Å². The van der Waals surface area contributed by atoms with E-state index in [1.165, 1.54) is 7.11 Å². The van der Waals surface area contributed by atoms with Crippen molar-refractivity contribution in [1.29, 1.82) is 0 Å². The Balaban J connectivity index is 2.75. The largest absolute Gasteiger partial charge is 0.469 e. The molecule has 0 aliphatic rings. The molecule has 0 N–H and O–H groups in total. The molecule has 1 aromatic heterocycles. The van der Waals surface area contributed by atoms with E-state index in [-0.39, 0.29) is 5.97 Å². The van der Waals surface area contributed by atoms with E-state index >= 15 is 0 Å². The summed E-state index contributed by atoms with van der Waals surface area (Å²) in [4.78, 5) is 17.5. The van der Waals surface area contributed by atoms with Crippen molar-refractivity contribution in [2.75, 3.05) is 25.1 Å². The van der Waals surface area contributed by atoms with Gasteiger partial charge >= 0.3 is 5.97 Å². The summed E-state index contributed by atoms with van der Waals surface area (Å²) in [7, 11) is 1.40. The minimum absolute atomic E-state index is 0.202. The summed E-state index contributed by atoms with van der Waals surface area (Å²) in [5.41, 5.74) is 1.10. The third-order valence-corrected chi connectivity index (χ3v) is 3.04. The van der Waals surface area contributed by atoms with Crippen LogP contribution >= 0.6 is 15.9 Å². The van der Waals surface area contributed by atoms with E-state index in [4.69, 9.17) is 0 Å². The number of carbonyl (C=O) groups excluding carboxylic acids is 1. The number of ether oxygens (including phenoxy) is 1. The lowest BCUT2D eigenvalue weighted by Gasteiger charge is -2.22. The van der Waals surface area contributed by atoms with Gasteiger partial charge in [-0.05, 0) is 41.4 Å². The maximum absolute atomic E-state index is 11.1. The van der Waals surface area contributed by atoms with E-state index in [1.54, 1.807) is 0 Å². The fourth-order valence-electron chi connectivity index (χ4n) is 1.50. The van der Waals surface area contributed by atoms with Crippen LogP contribution in [0.4, 0.5) is 5.82 Å². The number of halogens is 1. The number of aromatic nitrogens is 1. The van der Waals surface area contributed by atoms with Crippen molar-refractivity contribution < 1.29 is 9.53 Å². The Morgan fingerprint density at radius 3 is 2.82 bits per heavy atom. The zero-order chi connectivity index (χ0) is 12.8. The first-order chi connectivity index (χ1) is 8.08. The molecule has 0 saturated carbocycles. The first-order valence-corrected chi connectivity index (χ1v) is 6.31. The van der Waals surface area contributed by atoms with Crippen LogP contribution < -0.4 is 4.90 Å². The molecule has 1 heterocycles. The standard InChI is InChI=1S/C12H17BrN2O2/c1-4-15(6-5-11(16)17-3)12-10(13)7-9(2)8-14-12/h7-8H,4-6H2,1-3H3. The van der Waals surface area contributed by atoms with E-state index in [0.29, 0.717) is 13.0 Å². The highest BCUT2D eigenvalue weighted by molar-refractivity contribution is 9.10. The molecule has 1 rings (SSSR count). The Labute approximate surface area is 110 Å². The van der Waals surface area contributed by atoms with Crippen molar-refractivity contribution >= 4 is 27.7 Å². The van der Waals surface area contributed by atoms with Crippen LogP contribution in [0.1, 0.15) is 18.9 Å². The summed E-state index contributed by atoms with van der Waals surface area (Å²) in [5, 5.41) is 0. The van der Waals surface area contributed by atoms with Gasteiger partial charge in [0.25, 0.3) is 0 Å². The van der Waals surface area contributed by atoms with E-state index in [0.717, 1.165) is 22.4 Å². The lowest BCUT2D eigenvalue weighted by Crippen LogP contribution is -2.27. The van der Waals surface area contributed by atoms with Gasteiger partial charge in [-0.25, -0.2) is 4.98 Å². The molecule has 17 heavy (non-hydrogen) atoms. The molecule has 4 nitrogen and oxygen atoms in total. The first kappa shape index (κ1) is 14.0. The molecule has 0 spiro atoms. The van der Waals surface area contributed by atoms with E-state index in [9.17, 15) is 4.79 Å². The highest BCUT2D eigenvalue weighted by atomic mass is 79.9. The molecule has 0 radical (unpaired) electrons. The Hall–Kier alpha value is -1.10. The fourth-order valence-corrected chi connectivity index (χ4v) is 2.22. The highest BCUT2D eigenvalue weighted by Crippen LogP contribution is 2.24. The third-order valence-electron chi connectivity index (χ3n) is 2.45. The van der Waals surface area contributed by atoms with Gasteiger partial charge in [0.05, 0.1) is 18.0 Å². The van der Waals surface area contributed by atoms with Crippen LogP contribution in [0.3, 0.4) is 0 Å². The maximum Gasteiger partial charge on any atom is 0.307 e. The fraction of sp³-hybridized carbons (Fsp3) is 0.500. The molecular weight excluding hydrogens is 284 g/mol. The molecular formula is C12H17BrN2O2. The summed E-state index contributed by atoms with van der Waals surface area (Å²) in [6.45, 7) is 5.43. The summed E-state index contributed by atoms with van der Waals surface area (Å²) in [6.07, 6.45) is 2.19. The van der Waals surface area contributed by atoms with Gasteiger partial charge in [0.15, 0.2) is 0 Å². The van der Waals surface area contributed by atoms with Crippen LogP contribution in [-0.4, -0.2) is 31.2 Å². The quantitative estimate of drug-likeness (QED) is 0.784. The molecule has 0 saturated heterocycles. The Morgan fingerprint density at radius 1 is 1.59 bits per heavy atom. The van der Waals surface area contributed by atoms with E-state index in [1.807, 2.05) is 31.0 Å². The van der Waals surface area contributed by atoms with Crippen molar-refractivity contribution in [1.82, 2.24) is 4.98 Å². The zero-order valence-corrected chi connectivity index (χ0v) is 12.0. The summed E-state index contributed by atoms with van der Waals surface area (Å²) in [5.74, 6) is 0.661. The summed E-state index contributed by atoms with van der Waals surface area (Å²) < 4.78 is 5.58. The number of pyridine rings is 1. The van der Waals surface area contributed by atoms with Crippen molar-refractivity contribution in [2.24, 2.45) is 0 Å². The molecule has 0 aromatic carbocycles. The number of hydrogen-bond acceptors (Lipinski definition) is 4. The second-order valence-electron chi connectivity index (χ2n) is 3.72. The predicted octanol–water partition coefficient (Wildman–Crippen LogP) is 2.54. The second kappa shape index (κ2) is 6.59. The number of esters is 1. The molecule has 0 aliphatic carbocycles. The number of anilines is 1. The molecule has 5 heteroatoms. The Bertz CT molecular complexity index is 396. The minimum Gasteiger partial charge on any atom is -0.469 e. The second-order valence-corrected chi connectivity index (χ2v) is 4.58. The van der Waals surface area contributed by atoms with Crippen LogP contribution in [0.5, 0.6) is 0 Å². The van der Waals surface area contributed by atoms with Gasteiger partial charge in [-0.1, -0.05) is 0 Å². The van der Waals surface area contributed by atoms with Gasteiger partial charge in [0, 0.05) is 19.3 Å². The molecule has 1 aromatic rings. The highest BCUT2D eigenvalue weighted by Gasteiger charge is 2.12. The van der Waals surface area contributed by atoms with Gasteiger partial charge in [0.2, 0.25) is 0 Å². The number of hydrogen-bond donors (Lipinski definition) is 0. The Kier molecular flexibility index (Phi) is 5.41. The van der Waals surface area contributed by atoms with Gasteiger partial charge in [0.1, 0.15) is 5.82 Å². The molecule has 0 amide bonds. The van der Waals surface area contributed by atoms with Gasteiger partial charge < -0.3 is 9.64 Å².